The summed E-state index contributed by atoms with van der Waals surface area (Å²) in [6.45, 7) is 9.87. The fourth-order valence-electron chi connectivity index (χ4n) is 4.46. The summed E-state index contributed by atoms with van der Waals surface area (Å²) in [4.78, 5) is 19.5. The highest BCUT2D eigenvalue weighted by Crippen LogP contribution is 2.30. The highest BCUT2D eigenvalue weighted by molar-refractivity contribution is 5.95. The van der Waals surface area contributed by atoms with E-state index in [1.54, 1.807) is 13.1 Å². The van der Waals surface area contributed by atoms with Gasteiger partial charge in [-0.25, -0.2) is 4.39 Å². The zero-order chi connectivity index (χ0) is 23.5. The number of carbonyl (C=O) groups is 1. The van der Waals surface area contributed by atoms with Crippen LogP contribution in [0.2, 0.25) is 0 Å². The number of pyridine rings is 1. The molecule has 2 heterocycles. The molecule has 1 amide bonds. The SMILES string of the molecule is Cc1cc(-c2ccc(N3C[C@@H](C)O[C@@H](C)C3)cc2CNC(=O)c2ccc(F)cc2C)ccn1. The average Bonchev–Trinajstić information content (AvgIpc) is 2.76. The molecule has 1 fully saturated rings. The molecule has 0 radical (unpaired) electrons. The molecule has 1 N–H and O–H groups in total. The summed E-state index contributed by atoms with van der Waals surface area (Å²) in [6, 6.07) is 14.6. The van der Waals surface area contributed by atoms with Gasteiger partial charge in [-0.3, -0.25) is 9.78 Å². The number of aromatic nitrogens is 1. The van der Waals surface area contributed by atoms with Crippen LogP contribution in [0.5, 0.6) is 0 Å². The van der Waals surface area contributed by atoms with Crippen molar-refractivity contribution in [2.24, 2.45) is 0 Å². The summed E-state index contributed by atoms with van der Waals surface area (Å²) < 4.78 is 19.4. The highest BCUT2D eigenvalue weighted by Gasteiger charge is 2.23. The molecule has 1 aliphatic rings. The standard InChI is InChI=1S/C27H30FN3O2/c1-17-11-23(28)5-7-25(17)27(32)30-14-22-13-24(31-15-19(3)33-20(4)16-31)6-8-26(22)21-9-10-29-18(2)12-21/h5-13,19-20H,14-16H2,1-4H3,(H,30,32)/t19-,20+. The topological polar surface area (TPSA) is 54.5 Å². The molecule has 0 saturated carbocycles. The Morgan fingerprint density at radius 3 is 2.55 bits per heavy atom. The van der Waals surface area contributed by atoms with Crippen LogP contribution in [0.15, 0.2) is 54.7 Å². The van der Waals surface area contributed by atoms with Crippen LogP contribution in [0.3, 0.4) is 0 Å². The van der Waals surface area contributed by atoms with Crippen molar-refractivity contribution in [1.82, 2.24) is 10.3 Å². The Morgan fingerprint density at radius 2 is 1.85 bits per heavy atom. The molecule has 0 unspecified atom stereocenters. The van der Waals surface area contributed by atoms with Crippen LogP contribution < -0.4 is 10.2 Å². The van der Waals surface area contributed by atoms with Crippen molar-refractivity contribution in [2.75, 3.05) is 18.0 Å². The van der Waals surface area contributed by atoms with Gasteiger partial charge < -0.3 is 15.0 Å². The van der Waals surface area contributed by atoms with E-state index >= 15 is 0 Å². The monoisotopic (exact) mass is 447 g/mol. The molecule has 3 aromatic rings. The quantitative estimate of drug-likeness (QED) is 0.595. The van der Waals surface area contributed by atoms with Crippen molar-refractivity contribution in [2.45, 2.75) is 46.4 Å². The molecule has 1 aromatic heterocycles. The lowest BCUT2D eigenvalue weighted by Gasteiger charge is -2.37. The minimum Gasteiger partial charge on any atom is -0.372 e. The summed E-state index contributed by atoms with van der Waals surface area (Å²) in [5.41, 5.74) is 6.25. The van der Waals surface area contributed by atoms with E-state index in [1.807, 2.05) is 19.1 Å². The first-order valence-corrected chi connectivity index (χ1v) is 11.3. The van der Waals surface area contributed by atoms with Gasteiger partial charge >= 0.3 is 0 Å². The molecule has 1 aliphatic heterocycles. The van der Waals surface area contributed by atoms with E-state index in [2.05, 4.69) is 47.2 Å². The number of morpholine rings is 1. The van der Waals surface area contributed by atoms with Crippen LogP contribution in [0.1, 0.15) is 41.0 Å². The number of benzene rings is 2. The molecule has 2 atom stereocenters. The first-order chi connectivity index (χ1) is 15.8. The molecule has 0 bridgehead atoms. The van der Waals surface area contributed by atoms with Crippen molar-refractivity contribution in [3.63, 3.8) is 0 Å². The molecular weight excluding hydrogens is 417 g/mol. The molecule has 6 heteroatoms. The summed E-state index contributed by atoms with van der Waals surface area (Å²) in [6.07, 6.45) is 2.11. The number of aryl methyl sites for hydroxylation is 2. The third-order valence-electron chi connectivity index (χ3n) is 5.95. The van der Waals surface area contributed by atoms with Gasteiger partial charge in [-0.1, -0.05) is 6.07 Å². The minimum atomic E-state index is -0.346. The van der Waals surface area contributed by atoms with Gasteiger partial charge in [-0.05, 0) is 92.4 Å². The number of carbonyl (C=O) groups excluding carboxylic acids is 1. The smallest absolute Gasteiger partial charge is 0.251 e. The summed E-state index contributed by atoms with van der Waals surface area (Å²) >= 11 is 0. The van der Waals surface area contributed by atoms with E-state index in [4.69, 9.17) is 4.74 Å². The Balaban J connectivity index is 1.64. The highest BCUT2D eigenvalue weighted by atomic mass is 19.1. The van der Waals surface area contributed by atoms with Gasteiger partial charge in [0.05, 0.1) is 12.2 Å². The minimum absolute atomic E-state index is 0.154. The maximum atomic E-state index is 13.5. The van der Waals surface area contributed by atoms with Crippen LogP contribution in [-0.4, -0.2) is 36.2 Å². The lowest BCUT2D eigenvalue weighted by molar-refractivity contribution is -0.00522. The fourth-order valence-corrected chi connectivity index (χ4v) is 4.46. The number of halogens is 1. The number of rotatable bonds is 5. The number of nitrogens with one attached hydrogen (secondary N) is 1. The van der Waals surface area contributed by atoms with Crippen LogP contribution in [0.4, 0.5) is 10.1 Å². The van der Waals surface area contributed by atoms with Crippen molar-refractivity contribution in [3.8, 4) is 11.1 Å². The van der Waals surface area contributed by atoms with Gasteiger partial charge in [0.25, 0.3) is 5.91 Å². The van der Waals surface area contributed by atoms with Crippen LogP contribution >= 0.6 is 0 Å². The molecule has 4 rings (SSSR count). The fraction of sp³-hybridized carbons (Fsp3) is 0.333. The molecule has 33 heavy (non-hydrogen) atoms. The van der Waals surface area contributed by atoms with E-state index in [9.17, 15) is 9.18 Å². The van der Waals surface area contributed by atoms with Crippen LogP contribution in [0.25, 0.3) is 11.1 Å². The van der Waals surface area contributed by atoms with E-state index < -0.39 is 0 Å². The average molecular weight is 448 g/mol. The Labute approximate surface area is 194 Å². The third-order valence-corrected chi connectivity index (χ3v) is 5.95. The zero-order valence-electron chi connectivity index (χ0n) is 19.6. The lowest BCUT2D eigenvalue weighted by atomic mass is 9.98. The van der Waals surface area contributed by atoms with Crippen LogP contribution in [-0.2, 0) is 11.3 Å². The van der Waals surface area contributed by atoms with E-state index in [1.165, 1.54) is 18.2 Å². The van der Waals surface area contributed by atoms with E-state index in [0.717, 1.165) is 41.2 Å². The molecule has 0 spiro atoms. The number of amides is 1. The molecule has 1 saturated heterocycles. The second-order valence-corrected chi connectivity index (χ2v) is 8.83. The number of ether oxygens (including phenoxy) is 1. The molecular formula is C27H30FN3O2. The van der Waals surface area contributed by atoms with Gasteiger partial charge in [-0.2, -0.15) is 0 Å². The van der Waals surface area contributed by atoms with Gasteiger partial charge in [0.2, 0.25) is 0 Å². The number of hydrogen-bond acceptors (Lipinski definition) is 4. The maximum absolute atomic E-state index is 13.5. The third kappa shape index (κ3) is 5.40. The van der Waals surface area contributed by atoms with E-state index in [-0.39, 0.29) is 23.9 Å². The van der Waals surface area contributed by atoms with Crippen molar-refractivity contribution in [1.29, 1.82) is 0 Å². The predicted molar refractivity (Wildman–Crippen MR) is 129 cm³/mol. The van der Waals surface area contributed by atoms with Crippen molar-refractivity contribution in [3.05, 3.63) is 82.9 Å². The summed E-state index contributed by atoms with van der Waals surface area (Å²) in [5.74, 6) is -0.565. The predicted octanol–water partition coefficient (Wildman–Crippen LogP) is 5.05. The molecule has 172 valence electrons. The summed E-state index contributed by atoms with van der Waals surface area (Å²) in [7, 11) is 0. The van der Waals surface area contributed by atoms with Crippen LogP contribution in [0, 0.1) is 19.7 Å². The largest absolute Gasteiger partial charge is 0.372 e. The van der Waals surface area contributed by atoms with Gasteiger partial charge in [0.15, 0.2) is 0 Å². The molecule has 5 nitrogen and oxygen atoms in total. The van der Waals surface area contributed by atoms with Crippen molar-refractivity contribution >= 4 is 11.6 Å². The van der Waals surface area contributed by atoms with Gasteiger partial charge in [0, 0.05) is 42.8 Å². The van der Waals surface area contributed by atoms with E-state index in [0.29, 0.717) is 17.7 Å². The first-order valence-electron chi connectivity index (χ1n) is 11.3. The maximum Gasteiger partial charge on any atom is 0.251 e. The first kappa shape index (κ1) is 22.9. The normalized spacial score (nSPS) is 18.3. The number of hydrogen-bond donors (Lipinski definition) is 1. The number of anilines is 1. The van der Waals surface area contributed by atoms with Crippen molar-refractivity contribution < 1.29 is 13.9 Å². The Morgan fingerprint density at radius 1 is 1.09 bits per heavy atom. The zero-order valence-corrected chi connectivity index (χ0v) is 19.6. The molecule has 0 aliphatic carbocycles. The van der Waals surface area contributed by atoms with Gasteiger partial charge in [0.1, 0.15) is 5.82 Å². The van der Waals surface area contributed by atoms with Gasteiger partial charge in [-0.15, -0.1) is 0 Å². The summed E-state index contributed by atoms with van der Waals surface area (Å²) in [5, 5.41) is 3.03. The Hall–Kier alpha value is -3.25. The second kappa shape index (κ2) is 9.71. The number of nitrogens with zero attached hydrogens (tertiary/aromatic N) is 2. The molecule has 2 aromatic carbocycles. The Kier molecular flexibility index (Phi) is 6.75. The second-order valence-electron chi connectivity index (χ2n) is 8.83. The Bertz CT molecular complexity index is 1150. The lowest BCUT2D eigenvalue weighted by Crippen LogP contribution is -2.45.